The Morgan fingerprint density at radius 1 is 1.16 bits per heavy atom. The zero-order valence-electron chi connectivity index (χ0n) is 28.8. The van der Waals surface area contributed by atoms with Crippen molar-refractivity contribution in [3.05, 3.63) is 58.8 Å². The number of methoxy groups -OCH3 is 1. The van der Waals surface area contributed by atoms with E-state index in [-0.39, 0.29) is 17.4 Å². The van der Waals surface area contributed by atoms with Crippen LogP contribution in [0.5, 0.6) is 0 Å². The number of aromatic nitrogens is 2. The topological polar surface area (TPSA) is 53.8 Å². The third-order valence-corrected chi connectivity index (χ3v) is 10.4. The van der Waals surface area contributed by atoms with Crippen LogP contribution in [0.3, 0.4) is 0 Å². The maximum absolute atomic E-state index is 14.7. The number of hydrogen-bond donors (Lipinski definition) is 0. The van der Waals surface area contributed by atoms with Gasteiger partial charge in [0.25, 0.3) is 5.91 Å². The fourth-order valence-electron chi connectivity index (χ4n) is 8.07. The summed E-state index contributed by atoms with van der Waals surface area (Å²) in [4.78, 5) is 25.3. The van der Waals surface area contributed by atoms with Gasteiger partial charge in [-0.25, -0.2) is 4.39 Å². The predicted octanol–water partition coefficient (Wildman–Crippen LogP) is 6.52. The number of rotatable bonds is 13. The number of ether oxygens (including phenoxy) is 1. The van der Waals surface area contributed by atoms with Crippen molar-refractivity contribution in [2.24, 2.45) is 11.3 Å². The second kappa shape index (κ2) is 13.9. The van der Waals surface area contributed by atoms with Crippen LogP contribution in [0.25, 0.3) is 16.6 Å². The number of likely N-dealkylation sites (N-methyl/N-ethyl adjacent to an activating group) is 1. The lowest BCUT2D eigenvalue weighted by atomic mass is 9.66. The molecule has 0 saturated carbocycles. The molecule has 3 heterocycles. The largest absolute Gasteiger partial charge is 0.383 e. The summed E-state index contributed by atoms with van der Waals surface area (Å²) in [5.41, 5.74) is 6.23. The van der Waals surface area contributed by atoms with Crippen LogP contribution in [0.1, 0.15) is 81.1 Å². The molecule has 5 rings (SSSR count). The van der Waals surface area contributed by atoms with Crippen LogP contribution in [0, 0.1) is 24.1 Å². The van der Waals surface area contributed by atoms with E-state index < -0.39 is 5.82 Å². The summed E-state index contributed by atoms with van der Waals surface area (Å²) >= 11 is 0. The summed E-state index contributed by atoms with van der Waals surface area (Å²) in [6, 6.07) is 5.30. The Hall–Kier alpha value is -2.81. The fourth-order valence-corrected chi connectivity index (χ4v) is 8.07. The summed E-state index contributed by atoms with van der Waals surface area (Å²) in [6.07, 6.45) is 9.36. The molecule has 0 radical (unpaired) electrons. The lowest BCUT2D eigenvalue weighted by Gasteiger charge is -2.56. The zero-order chi connectivity index (χ0) is 32.5. The number of pyridine rings is 1. The number of aryl methyl sites for hydroxylation is 1. The van der Waals surface area contributed by atoms with Crippen LogP contribution in [0.15, 0.2) is 30.6 Å². The Bertz CT molecular complexity index is 1490. The van der Waals surface area contributed by atoms with Crippen molar-refractivity contribution < 1.29 is 13.9 Å². The molecule has 8 heteroatoms. The molecule has 1 saturated heterocycles. The molecular formula is C37H54FN5O2. The van der Waals surface area contributed by atoms with Gasteiger partial charge in [-0.15, -0.1) is 0 Å². The van der Waals surface area contributed by atoms with E-state index >= 15 is 0 Å². The highest BCUT2D eigenvalue weighted by molar-refractivity contribution is 5.99. The summed E-state index contributed by atoms with van der Waals surface area (Å²) in [6.45, 7) is 18.6. The van der Waals surface area contributed by atoms with Gasteiger partial charge in [0.2, 0.25) is 0 Å². The highest BCUT2D eigenvalue weighted by Crippen LogP contribution is 2.48. The van der Waals surface area contributed by atoms with Crippen molar-refractivity contribution in [3.63, 3.8) is 0 Å². The molecular weight excluding hydrogens is 565 g/mol. The second-order valence-corrected chi connectivity index (χ2v) is 14.3. The molecule has 0 bridgehead atoms. The first-order valence-corrected chi connectivity index (χ1v) is 17.0. The van der Waals surface area contributed by atoms with E-state index in [1.807, 2.05) is 33.2 Å². The van der Waals surface area contributed by atoms with Crippen LogP contribution in [0.4, 0.5) is 4.39 Å². The lowest BCUT2D eigenvalue weighted by molar-refractivity contribution is -0.0557. The Morgan fingerprint density at radius 2 is 1.91 bits per heavy atom. The molecule has 2 aliphatic rings. The molecule has 1 aliphatic heterocycles. The average Bonchev–Trinajstić information content (AvgIpc) is 3.31. The first-order valence-electron chi connectivity index (χ1n) is 17.0. The maximum Gasteiger partial charge on any atom is 0.256 e. The molecule has 3 aromatic rings. The smallest absolute Gasteiger partial charge is 0.256 e. The fraction of sp³-hybridized carbons (Fsp3) is 0.622. The summed E-state index contributed by atoms with van der Waals surface area (Å²) in [5.74, 6) is 0.0881. The van der Waals surface area contributed by atoms with Gasteiger partial charge in [-0.05, 0) is 109 Å². The average molecular weight is 620 g/mol. The number of carbonyl (C=O) groups excluding carboxylic acids is 1. The van der Waals surface area contributed by atoms with Crippen molar-refractivity contribution in [1.29, 1.82) is 0 Å². The van der Waals surface area contributed by atoms with E-state index in [4.69, 9.17) is 4.74 Å². The standard InChI is InChI=1S/C37H54FN5O2/c1-9-42(26(4)5)36(44)29-19-28(38)12-13-32(29)43-33-14-15-37(20-30(33)35-27(6)21-39-22-34(35)43)23-41(24-37)31(25(2)3)11-10-16-40(7)17-18-45-8/h12-13,19,21-22,25-26,31H,9-11,14-18,20,23-24H2,1-8H3/t31-/m1/s1. The number of carbonyl (C=O) groups is 1. The number of likely N-dealkylation sites (tertiary alicyclic amines) is 1. The van der Waals surface area contributed by atoms with Gasteiger partial charge < -0.3 is 19.1 Å². The van der Waals surface area contributed by atoms with E-state index in [2.05, 4.69) is 47.2 Å². The number of nitrogens with zero attached hydrogens (tertiary/aromatic N) is 5. The van der Waals surface area contributed by atoms with Crippen molar-refractivity contribution in [2.45, 2.75) is 85.7 Å². The molecule has 0 N–H and O–H groups in total. The SMILES string of the molecule is CCN(C(=O)c1cc(F)ccc1-n1c2c(c3c(C)cncc31)CC1(CC2)CN([C@H](CCCN(C)CCOC)C(C)C)C1)C(C)C. The highest BCUT2D eigenvalue weighted by atomic mass is 19.1. The van der Waals surface area contributed by atoms with Gasteiger partial charge in [-0.2, -0.15) is 0 Å². The molecule has 2 aromatic heterocycles. The van der Waals surface area contributed by atoms with Gasteiger partial charge in [0.15, 0.2) is 0 Å². The van der Waals surface area contributed by atoms with Crippen molar-refractivity contribution in [2.75, 3.05) is 53.5 Å². The van der Waals surface area contributed by atoms with Gasteiger partial charge in [0.1, 0.15) is 5.82 Å². The Morgan fingerprint density at radius 3 is 2.58 bits per heavy atom. The van der Waals surface area contributed by atoms with E-state index in [9.17, 15) is 9.18 Å². The first-order chi connectivity index (χ1) is 21.5. The molecule has 1 aromatic carbocycles. The van der Waals surface area contributed by atoms with Gasteiger partial charge in [0, 0.05) is 68.1 Å². The summed E-state index contributed by atoms with van der Waals surface area (Å²) in [7, 11) is 3.95. The molecule has 1 spiro atoms. The Kier molecular flexibility index (Phi) is 10.4. The monoisotopic (exact) mass is 619 g/mol. The minimum absolute atomic E-state index is 0.0190. The molecule has 7 nitrogen and oxygen atoms in total. The molecule has 1 atom stereocenters. The molecule has 246 valence electrons. The summed E-state index contributed by atoms with van der Waals surface area (Å²) in [5, 5.41) is 1.25. The third-order valence-electron chi connectivity index (χ3n) is 10.4. The van der Waals surface area contributed by atoms with Gasteiger partial charge in [-0.1, -0.05) is 13.8 Å². The second-order valence-electron chi connectivity index (χ2n) is 14.3. The zero-order valence-corrected chi connectivity index (χ0v) is 28.8. The van der Waals surface area contributed by atoms with Crippen molar-refractivity contribution in [3.8, 4) is 5.69 Å². The third kappa shape index (κ3) is 6.70. The van der Waals surface area contributed by atoms with Crippen molar-refractivity contribution >= 4 is 16.8 Å². The molecule has 0 unspecified atom stereocenters. The minimum atomic E-state index is -0.392. The normalized spacial score (nSPS) is 17.0. The van der Waals surface area contributed by atoms with Crippen LogP contribution in [-0.4, -0.2) is 95.7 Å². The maximum atomic E-state index is 14.7. The Balaban J connectivity index is 1.43. The van der Waals surface area contributed by atoms with Crippen LogP contribution < -0.4 is 0 Å². The van der Waals surface area contributed by atoms with Crippen LogP contribution in [-0.2, 0) is 17.6 Å². The first kappa shape index (κ1) is 33.6. The van der Waals surface area contributed by atoms with Crippen LogP contribution in [0.2, 0.25) is 0 Å². The van der Waals surface area contributed by atoms with Crippen LogP contribution >= 0.6 is 0 Å². The molecule has 1 fully saturated rings. The van der Waals surface area contributed by atoms with E-state index in [1.165, 1.54) is 41.6 Å². The number of benzene rings is 1. The number of amides is 1. The van der Waals surface area contributed by atoms with Gasteiger partial charge in [-0.3, -0.25) is 14.7 Å². The van der Waals surface area contributed by atoms with Gasteiger partial charge in [0.05, 0.1) is 29.6 Å². The molecule has 1 aliphatic carbocycles. The number of hydrogen-bond acceptors (Lipinski definition) is 5. The molecule has 45 heavy (non-hydrogen) atoms. The minimum Gasteiger partial charge on any atom is -0.383 e. The van der Waals surface area contributed by atoms with E-state index in [0.717, 1.165) is 68.8 Å². The van der Waals surface area contributed by atoms with Gasteiger partial charge >= 0.3 is 0 Å². The highest BCUT2D eigenvalue weighted by Gasteiger charge is 2.48. The Labute approximate surface area is 269 Å². The quantitative estimate of drug-likeness (QED) is 0.218. The summed E-state index contributed by atoms with van der Waals surface area (Å²) < 4.78 is 22.2. The van der Waals surface area contributed by atoms with E-state index in [1.54, 1.807) is 18.1 Å². The lowest BCUT2D eigenvalue weighted by Crippen LogP contribution is -2.62. The number of fused-ring (bicyclic) bond motifs is 3. The molecule has 1 amide bonds. The predicted molar refractivity (Wildman–Crippen MR) is 181 cm³/mol. The van der Waals surface area contributed by atoms with Crippen molar-refractivity contribution in [1.82, 2.24) is 24.3 Å². The number of halogens is 1. The van der Waals surface area contributed by atoms with E-state index in [0.29, 0.717) is 24.1 Å².